The number of nitrogens with one attached hydrogen (secondary N) is 1. The highest BCUT2D eigenvalue weighted by Crippen LogP contribution is 2.31. The van der Waals surface area contributed by atoms with E-state index in [1.165, 1.54) is 0 Å². The maximum absolute atomic E-state index is 12.2. The molecular formula is C13H15F3N2OS2. The van der Waals surface area contributed by atoms with Crippen molar-refractivity contribution in [2.45, 2.75) is 32.0 Å². The van der Waals surface area contributed by atoms with Crippen molar-refractivity contribution in [3.8, 4) is 5.75 Å². The van der Waals surface area contributed by atoms with Crippen LogP contribution in [-0.2, 0) is 6.54 Å². The number of imidazole rings is 1. The first-order valence-electron chi connectivity index (χ1n) is 6.37. The van der Waals surface area contributed by atoms with E-state index in [0.717, 1.165) is 5.52 Å². The molecule has 2 aromatic rings. The molecule has 0 atom stereocenters. The van der Waals surface area contributed by atoms with E-state index in [0.29, 0.717) is 16.0 Å². The maximum atomic E-state index is 12.2. The summed E-state index contributed by atoms with van der Waals surface area (Å²) < 4.78 is 44.4. The van der Waals surface area contributed by atoms with E-state index >= 15 is 0 Å². The second-order valence-corrected chi connectivity index (χ2v) is 6.24. The van der Waals surface area contributed by atoms with Crippen molar-refractivity contribution in [3.05, 3.63) is 23.0 Å². The molecule has 0 radical (unpaired) electrons. The second-order valence-electron chi connectivity index (χ2n) is 4.69. The third kappa shape index (κ3) is 4.16. The Morgan fingerprint density at radius 2 is 2.10 bits per heavy atom. The van der Waals surface area contributed by atoms with E-state index in [2.05, 4.69) is 4.98 Å². The molecule has 0 unspecified atom stereocenters. The third-order valence-corrected chi connectivity index (χ3v) is 3.75. The maximum Gasteiger partial charge on any atom is 0.441 e. The van der Waals surface area contributed by atoms with Gasteiger partial charge in [-0.15, -0.1) is 0 Å². The summed E-state index contributed by atoms with van der Waals surface area (Å²) in [5, 5.41) is 0. The minimum atomic E-state index is -4.22. The zero-order valence-corrected chi connectivity index (χ0v) is 13.2. The number of benzene rings is 1. The van der Waals surface area contributed by atoms with E-state index in [1.807, 2.05) is 26.0 Å². The molecule has 116 valence electrons. The number of H-pyrrole nitrogens is 1. The largest absolute Gasteiger partial charge is 0.489 e. The van der Waals surface area contributed by atoms with Crippen LogP contribution in [0.3, 0.4) is 0 Å². The molecule has 1 N–H and O–H groups in total. The fraction of sp³-hybridized carbons (Fsp3) is 0.462. The standard InChI is InChI=1S/C13H15F3N2OS2/c1-8(2)19-10-5-3-4-9-11(10)17-12(20)18(9)6-7-21-13(14,15)16/h3-5,8H,6-7H2,1-2H3,(H,17,20). The fourth-order valence-electron chi connectivity index (χ4n) is 1.98. The van der Waals surface area contributed by atoms with Crippen molar-refractivity contribution in [2.24, 2.45) is 0 Å². The predicted molar refractivity (Wildman–Crippen MR) is 81.4 cm³/mol. The van der Waals surface area contributed by atoms with Gasteiger partial charge in [0.05, 0.1) is 11.6 Å². The Kier molecular flexibility index (Phi) is 4.88. The van der Waals surface area contributed by atoms with Crippen LogP contribution in [0.25, 0.3) is 11.0 Å². The molecule has 1 aromatic heterocycles. The summed E-state index contributed by atoms with van der Waals surface area (Å²) >= 11 is 5.15. The molecule has 0 aliphatic rings. The lowest BCUT2D eigenvalue weighted by Gasteiger charge is -2.11. The summed E-state index contributed by atoms with van der Waals surface area (Å²) in [6.07, 6.45) is 0.00158. The first-order valence-corrected chi connectivity index (χ1v) is 7.76. The Bertz CT molecular complexity index is 676. The Balaban J connectivity index is 2.29. The molecule has 1 heterocycles. The quantitative estimate of drug-likeness (QED) is 0.800. The summed E-state index contributed by atoms with van der Waals surface area (Å²) in [6.45, 7) is 4.00. The number of halogens is 3. The monoisotopic (exact) mass is 336 g/mol. The van der Waals surface area contributed by atoms with Gasteiger partial charge < -0.3 is 14.3 Å². The van der Waals surface area contributed by atoms with Crippen LogP contribution < -0.4 is 4.74 Å². The molecule has 0 aliphatic heterocycles. The molecule has 0 saturated heterocycles. The number of hydrogen-bond donors (Lipinski definition) is 1. The van der Waals surface area contributed by atoms with Crippen LogP contribution in [0.5, 0.6) is 5.75 Å². The molecule has 0 amide bonds. The SMILES string of the molecule is CC(C)Oc1cccc2c1[nH]c(=S)n2CCSC(F)(F)F. The van der Waals surface area contributed by atoms with Gasteiger partial charge in [0.1, 0.15) is 11.3 Å². The second kappa shape index (κ2) is 6.31. The molecule has 0 saturated carbocycles. The van der Waals surface area contributed by atoms with Gasteiger partial charge in [0.2, 0.25) is 0 Å². The number of nitrogens with zero attached hydrogens (tertiary/aromatic N) is 1. The number of fused-ring (bicyclic) bond motifs is 1. The summed E-state index contributed by atoms with van der Waals surface area (Å²) in [7, 11) is 0. The first-order chi connectivity index (χ1) is 9.78. The van der Waals surface area contributed by atoms with Gasteiger partial charge in [0.15, 0.2) is 4.77 Å². The number of para-hydroxylation sites is 1. The molecule has 8 heteroatoms. The molecule has 1 aromatic carbocycles. The van der Waals surface area contributed by atoms with Gasteiger partial charge in [-0.05, 0) is 50.0 Å². The van der Waals surface area contributed by atoms with Gasteiger partial charge in [0, 0.05) is 12.3 Å². The van der Waals surface area contributed by atoms with Crippen LogP contribution in [0, 0.1) is 4.77 Å². The highest BCUT2D eigenvalue weighted by molar-refractivity contribution is 8.00. The normalized spacial score (nSPS) is 12.3. The summed E-state index contributed by atoms with van der Waals surface area (Å²) in [4.78, 5) is 3.01. The molecule has 21 heavy (non-hydrogen) atoms. The topological polar surface area (TPSA) is 29.9 Å². The number of ether oxygens (including phenoxy) is 1. The van der Waals surface area contributed by atoms with Gasteiger partial charge in [-0.3, -0.25) is 0 Å². The fourth-order valence-corrected chi connectivity index (χ4v) is 2.78. The Morgan fingerprint density at radius 1 is 1.38 bits per heavy atom. The van der Waals surface area contributed by atoms with Gasteiger partial charge in [0.25, 0.3) is 0 Å². The number of hydrogen-bond acceptors (Lipinski definition) is 3. The lowest BCUT2D eigenvalue weighted by atomic mass is 10.3. The van der Waals surface area contributed by atoms with Crippen molar-refractivity contribution in [3.63, 3.8) is 0 Å². The minimum absolute atomic E-state index is 0.00158. The van der Waals surface area contributed by atoms with E-state index in [4.69, 9.17) is 17.0 Å². The minimum Gasteiger partial charge on any atom is -0.489 e. The molecule has 3 nitrogen and oxygen atoms in total. The average Bonchev–Trinajstić information content (AvgIpc) is 2.65. The van der Waals surface area contributed by atoms with Crippen LogP contribution in [0.1, 0.15) is 13.8 Å². The van der Waals surface area contributed by atoms with Crippen LogP contribution in [-0.4, -0.2) is 26.9 Å². The van der Waals surface area contributed by atoms with Crippen LogP contribution in [0.2, 0.25) is 0 Å². The molecule has 0 spiro atoms. The van der Waals surface area contributed by atoms with Gasteiger partial charge in [-0.25, -0.2) is 0 Å². The van der Waals surface area contributed by atoms with Crippen molar-refractivity contribution >= 4 is 35.0 Å². The first kappa shape index (κ1) is 16.2. The lowest BCUT2D eigenvalue weighted by molar-refractivity contribution is -0.0328. The highest BCUT2D eigenvalue weighted by atomic mass is 32.2. The smallest absolute Gasteiger partial charge is 0.441 e. The predicted octanol–water partition coefficient (Wildman–Crippen LogP) is 4.74. The molecule has 2 rings (SSSR count). The molecule has 0 fully saturated rings. The van der Waals surface area contributed by atoms with E-state index in [-0.39, 0.29) is 30.2 Å². The number of aryl methyl sites for hydroxylation is 1. The average molecular weight is 336 g/mol. The van der Waals surface area contributed by atoms with E-state index in [9.17, 15) is 13.2 Å². The third-order valence-electron chi connectivity index (χ3n) is 2.72. The number of aromatic nitrogens is 2. The lowest BCUT2D eigenvalue weighted by Crippen LogP contribution is -2.07. The Morgan fingerprint density at radius 3 is 2.71 bits per heavy atom. The van der Waals surface area contributed by atoms with E-state index in [1.54, 1.807) is 10.6 Å². The zero-order chi connectivity index (χ0) is 15.6. The molecule has 0 aliphatic carbocycles. The van der Waals surface area contributed by atoms with Crippen LogP contribution in [0.15, 0.2) is 18.2 Å². The summed E-state index contributed by atoms with van der Waals surface area (Å²) in [5.41, 5.74) is -2.76. The Labute approximate surface area is 129 Å². The van der Waals surface area contributed by atoms with Crippen molar-refractivity contribution in [1.29, 1.82) is 0 Å². The Hall–Kier alpha value is -1.15. The van der Waals surface area contributed by atoms with Crippen molar-refractivity contribution in [2.75, 3.05) is 5.75 Å². The van der Waals surface area contributed by atoms with Gasteiger partial charge >= 0.3 is 5.51 Å². The summed E-state index contributed by atoms with van der Waals surface area (Å²) in [6, 6.07) is 5.42. The number of thioether (sulfide) groups is 1. The summed E-state index contributed by atoms with van der Waals surface area (Å²) in [5.74, 6) is 0.566. The molecular weight excluding hydrogens is 321 g/mol. The number of alkyl halides is 3. The zero-order valence-electron chi connectivity index (χ0n) is 11.5. The van der Waals surface area contributed by atoms with Gasteiger partial charge in [-0.2, -0.15) is 13.2 Å². The van der Waals surface area contributed by atoms with Crippen LogP contribution in [0.4, 0.5) is 13.2 Å². The van der Waals surface area contributed by atoms with Gasteiger partial charge in [-0.1, -0.05) is 6.07 Å². The van der Waals surface area contributed by atoms with E-state index < -0.39 is 5.51 Å². The number of rotatable bonds is 5. The van der Waals surface area contributed by atoms with Crippen molar-refractivity contribution in [1.82, 2.24) is 9.55 Å². The number of aromatic amines is 1. The molecule has 0 bridgehead atoms. The van der Waals surface area contributed by atoms with Crippen molar-refractivity contribution < 1.29 is 17.9 Å². The van der Waals surface area contributed by atoms with Crippen LogP contribution >= 0.6 is 24.0 Å². The highest BCUT2D eigenvalue weighted by Gasteiger charge is 2.27.